The molecule has 0 aliphatic carbocycles. The summed E-state index contributed by atoms with van der Waals surface area (Å²) in [5.41, 5.74) is 0. The molecule has 0 saturated heterocycles. The molecular formula is C17H38ClNO. The zero-order chi connectivity index (χ0) is 14.4. The van der Waals surface area contributed by atoms with Gasteiger partial charge >= 0.3 is 0 Å². The molecule has 2 nitrogen and oxygen atoms in total. The molecule has 0 spiro atoms. The van der Waals surface area contributed by atoms with Crippen LogP contribution in [0.2, 0.25) is 0 Å². The van der Waals surface area contributed by atoms with Crippen LogP contribution in [-0.2, 0) is 4.74 Å². The molecule has 3 heteroatoms. The van der Waals surface area contributed by atoms with E-state index < -0.39 is 0 Å². The topological polar surface area (TPSA) is 9.23 Å². The fourth-order valence-corrected chi connectivity index (χ4v) is 2.13. The number of hydrogen-bond acceptors (Lipinski definition) is 1. The molecular weight excluding hydrogens is 270 g/mol. The van der Waals surface area contributed by atoms with E-state index in [-0.39, 0.29) is 12.4 Å². The quantitative estimate of drug-likeness (QED) is 0.350. The summed E-state index contributed by atoms with van der Waals surface area (Å²) >= 11 is 0. The predicted octanol–water partition coefficient (Wildman–Crippen LogP) is 1.63. The number of ether oxygens (including phenoxy) is 1. The maximum atomic E-state index is 5.67. The summed E-state index contributed by atoms with van der Waals surface area (Å²) in [6, 6.07) is 0. The number of hydrogen-bond donors (Lipinski definition) is 0. The largest absolute Gasteiger partial charge is 1.00 e. The van der Waals surface area contributed by atoms with Gasteiger partial charge < -0.3 is 21.6 Å². The fraction of sp³-hybridized carbons (Fsp3) is 1.00. The summed E-state index contributed by atoms with van der Waals surface area (Å²) in [5.74, 6) is 0. The minimum atomic E-state index is 0. The highest BCUT2D eigenvalue weighted by Crippen LogP contribution is 2.10. The van der Waals surface area contributed by atoms with Crippen molar-refractivity contribution < 1.29 is 21.6 Å². The lowest BCUT2D eigenvalue weighted by molar-refractivity contribution is -0.870. The Balaban J connectivity index is 0. The van der Waals surface area contributed by atoms with Gasteiger partial charge in [-0.05, 0) is 6.42 Å². The molecule has 0 amide bonds. The Labute approximate surface area is 134 Å². The number of nitrogens with zero attached hydrogens (tertiary/aromatic N) is 1. The standard InChI is InChI=1S/C17H38NO.ClH/c1-5-6-7-8-9-10-11-12-13-14-16-19-17-15-18(2,3)4;/h5-17H2,1-4H3;1H/q+1;/p-1. The van der Waals surface area contributed by atoms with Crippen molar-refractivity contribution >= 4 is 0 Å². The molecule has 20 heavy (non-hydrogen) atoms. The van der Waals surface area contributed by atoms with Crippen LogP contribution in [0.4, 0.5) is 0 Å². The Morgan fingerprint density at radius 2 is 1.10 bits per heavy atom. The average molecular weight is 308 g/mol. The first-order valence-corrected chi connectivity index (χ1v) is 8.44. The van der Waals surface area contributed by atoms with Crippen LogP contribution in [0, 0.1) is 0 Å². The van der Waals surface area contributed by atoms with Gasteiger partial charge in [-0.25, -0.2) is 0 Å². The van der Waals surface area contributed by atoms with Crippen molar-refractivity contribution in [3.63, 3.8) is 0 Å². The van der Waals surface area contributed by atoms with Gasteiger partial charge in [0.1, 0.15) is 6.54 Å². The number of quaternary nitrogens is 1. The van der Waals surface area contributed by atoms with Crippen LogP contribution in [0.25, 0.3) is 0 Å². The number of rotatable bonds is 14. The summed E-state index contributed by atoms with van der Waals surface area (Å²) in [7, 11) is 6.64. The molecule has 0 unspecified atom stereocenters. The van der Waals surface area contributed by atoms with Crippen LogP contribution in [0.5, 0.6) is 0 Å². The van der Waals surface area contributed by atoms with Gasteiger partial charge in [-0.3, -0.25) is 0 Å². The Morgan fingerprint density at radius 1 is 0.650 bits per heavy atom. The third-order valence-electron chi connectivity index (χ3n) is 3.55. The van der Waals surface area contributed by atoms with Crippen molar-refractivity contribution in [2.75, 3.05) is 40.9 Å². The molecule has 0 heterocycles. The summed E-state index contributed by atoms with van der Waals surface area (Å²) in [5, 5.41) is 0. The van der Waals surface area contributed by atoms with Crippen molar-refractivity contribution in [1.82, 2.24) is 0 Å². The second-order valence-corrected chi connectivity index (χ2v) is 6.81. The molecule has 0 fully saturated rings. The lowest BCUT2D eigenvalue weighted by Gasteiger charge is -2.23. The third-order valence-corrected chi connectivity index (χ3v) is 3.55. The van der Waals surface area contributed by atoms with Crippen molar-refractivity contribution in [2.45, 2.75) is 71.1 Å². The normalized spacial score (nSPS) is 11.4. The van der Waals surface area contributed by atoms with Crippen LogP contribution >= 0.6 is 0 Å². The molecule has 0 saturated carbocycles. The van der Waals surface area contributed by atoms with Gasteiger partial charge in [-0.1, -0.05) is 64.7 Å². The van der Waals surface area contributed by atoms with Gasteiger partial charge in [0, 0.05) is 6.61 Å². The van der Waals surface area contributed by atoms with Crippen LogP contribution in [0.15, 0.2) is 0 Å². The van der Waals surface area contributed by atoms with Gasteiger partial charge in [0.25, 0.3) is 0 Å². The molecule has 0 aromatic carbocycles. The van der Waals surface area contributed by atoms with E-state index in [2.05, 4.69) is 28.1 Å². The SMILES string of the molecule is CCCCCCCCCCCCOCC[N+](C)(C)C.[Cl-]. The van der Waals surface area contributed by atoms with Crippen molar-refractivity contribution in [3.05, 3.63) is 0 Å². The highest BCUT2D eigenvalue weighted by molar-refractivity contribution is 4.47. The smallest absolute Gasteiger partial charge is 0.102 e. The number of likely N-dealkylation sites (N-methyl/N-ethyl adjacent to an activating group) is 1. The molecule has 0 aliphatic heterocycles. The lowest BCUT2D eigenvalue weighted by atomic mass is 10.1. The molecule has 0 aliphatic rings. The molecule has 124 valence electrons. The van der Waals surface area contributed by atoms with E-state index >= 15 is 0 Å². The molecule has 0 radical (unpaired) electrons. The summed E-state index contributed by atoms with van der Waals surface area (Å²) in [6.07, 6.45) is 14.0. The van der Waals surface area contributed by atoms with Gasteiger partial charge in [-0.15, -0.1) is 0 Å². The highest BCUT2D eigenvalue weighted by atomic mass is 35.5. The lowest BCUT2D eigenvalue weighted by Crippen LogP contribution is -3.00. The first kappa shape index (κ1) is 22.5. The molecule has 0 rings (SSSR count). The maximum absolute atomic E-state index is 5.67. The first-order valence-electron chi connectivity index (χ1n) is 8.44. The first-order chi connectivity index (χ1) is 9.06. The predicted molar refractivity (Wildman–Crippen MR) is 85.6 cm³/mol. The van der Waals surface area contributed by atoms with Crippen LogP contribution in [0.3, 0.4) is 0 Å². The monoisotopic (exact) mass is 307 g/mol. The summed E-state index contributed by atoms with van der Waals surface area (Å²) < 4.78 is 6.66. The molecule has 0 aromatic rings. The van der Waals surface area contributed by atoms with Gasteiger partial charge in [0.05, 0.1) is 27.7 Å². The molecule has 0 aromatic heterocycles. The van der Waals surface area contributed by atoms with E-state index in [9.17, 15) is 0 Å². The third kappa shape index (κ3) is 20.5. The highest BCUT2D eigenvalue weighted by Gasteiger charge is 2.05. The minimum Gasteiger partial charge on any atom is -1.00 e. The van der Waals surface area contributed by atoms with Crippen molar-refractivity contribution in [1.29, 1.82) is 0 Å². The zero-order valence-corrected chi connectivity index (χ0v) is 15.2. The second-order valence-electron chi connectivity index (χ2n) is 6.81. The Morgan fingerprint density at radius 3 is 1.55 bits per heavy atom. The van der Waals surface area contributed by atoms with E-state index in [1.165, 1.54) is 64.2 Å². The van der Waals surface area contributed by atoms with Crippen molar-refractivity contribution in [2.24, 2.45) is 0 Å². The van der Waals surface area contributed by atoms with E-state index in [0.717, 1.165) is 24.2 Å². The van der Waals surface area contributed by atoms with Gasteiger partial charge in [0.15, 0.2) is 0 Å². The summed E-state index contributed by atoms with van der Waals surface area (Å²) in [4.78, 5) is 0. The van der Waals surface area contributed by atoms with Crippen LogP contribution < -0.4 is 12.4 Å². The Hall–Kier alpha value is 0.210. The Kier molecular flexibility index (Phi) is 17.5. The molecule has 0 N–H and O–H groups in total. The second kappa shape index (κ2) is 15.6. The van der Waals surface area contributed by atoms with E-state index in [1.54, 1.807) is 0 Å². The molecule has 0 atom stereocenters. The van der Waals surface area contributed by atoms with E-state index in [0.29, 0.717) is 0 Å². The molecule has 0 bridgehead atoms. The van der Waals surface area contributed by atoms with E-state index in [4.69, 9.17) is 4.74 Å². The number of halogens is 1. The van der Waals surface area contributed by atoms with Crippen LogP contribution in [-0.4, -0.2) is 45.4 Å². The van der Waals surface area contributed by atoms with Gasteiger partial charge in [-0.2, -0.15) is 0 Å². The van der Waals surface area contributed by atoms with Gasteiger partial charge in [0.2, 0.25) is 0 Å². The van der Waals surface area contributed by atoms with Crippen molar-refractivity contribution in [3.8, 4) is 0 Å². The fourth-order valence-electron chi connectivity index (χ4n) is 2.13. The zero-order valence-electron chi connectivity index (χ0n) is 14.4. The summed E-state index contributed by atoms with van der Waals surface area (Å²) in [6.45, 7) is 5.25. The Bertz CT molecular complexity index is 180. The van der Waals surface area contributed by atoms with Crippen LogP contribution in [0.1, 0.15) is 71.1 Å². The van der Waals surface area contributed by atoms with E-state index in [1.807, 2.05) is 0 Å². The maximum Gasteiger partial charge on any atom is 0.102 e. The minimum absolute atomic E-state index is 0. The average Bonchev–Trinajstić information content (AvgIpc) is 2.34. The number of unbranched alkanes of at least 4 members (excludes halogenated alkanes) is 9.